The number of aromatic nitrogens is 3. The van der Waals surface area contributed by atoms with Gasteiger partial charge in [0.05, 0.1) is 11.3 Å². The van der Waals surface area contributed by atoms with E-state index >= 15 is 0 Å². The van der Waals surface area contributed by atoms with E-state index in [-0.39, 0.29) is 24.2 Å². The molecular weight excluding hydrogens is 344 g/mol. The van der Waals surface area contributed by atoms with Gasteiger partial charge in [-0.15, -0.1) is 5.10 Å². The van der Waals surface area contributed by atoms with Gasteiger partial charge in [0.25, 0.3) is 11.7 Å². The van der Waals surface area contributed by atoms with Gasteiger partial charge in [-0.1, -0.05) is 42.5 Å². The highest BCUT2D eigenvalue weighted by atomic mass is 16.2. The molecule has 0 bridgehead atoms. The molecule has 1 heterocycles. The molecule has 0 aliphatic rings. The smallest absolute Gasteiger partial charge is 0.253 e. The second kappa shape index (κ2) is 8.40. The summed E-state index contributed by atoms with van der Waals surface area (Å²) >= 11 is 0. The molecule has 8 heteroatoms. The Morgan fingerprint density at radius 2 is 1.81 bits per heavy atom. The standard InChI is InChI=1S/C19H16N6O2/c20-10-17-22-13-25(24-17)12-18(26)23-16-9-5-4-8-15(16)19(27)21-11-14-6-2-1-3-7-14/h1-9,13H,11-12H2,(H,21,27)(H,23,26). The number of carbonyl (C=O) groups excluding carboxylic acids is 2. The molecular formula is C19H16N6O2. The number of nitrogens with one attached hydrogen (secondary N) is 2. The van der Waals surface area contributed by atoms with Gasteiger partial charge in [-0.05, 0) is 17.7 Å². The van der Waals surface area contributed by atoms with Crippen molar-refractivity contribution in [1.82, 2.24) is 20.1 Å². The highest BCUT2D eigenvalue weighted by molar-refractivity contribution is 6.03. The van der Waals surface area contributed by atoms with Crippen molar-refractivity contribution in [3.05, 3.63) is 77.9 Å². The second-order valence-corrected chi connectivity index (χ2v) is 5.64. The Balaban J connectivity index is 1.65. The van der Waals surface area contributed by atoms with E-state index < -0.39 is 0 Å². The van der Waals surface area contributed by atoms with E-state index in [2.05, 4.69) is 20.7 Å². The summed E-state index contributed by atoms with van der Waals surface area (Å²) in [6.07, 6.45) is 1.30. The number of benzene rings is 2. The average molecular weight is 360 g/mol. The second-order valence-electron chi connectivity index (χ2n) is 5.64. The van der Waals surface area contributed by atoms with Crippen molar-refractivity contribution < 1.29 is 9.59 Å². The number of carbonyl (C=O) groups is 2. The van der Waals surface area contributed by atoms with Crippen molar-refractivity contribution in [2.24, 2.45) is 0 Å². The van der Waals surface area contributed by atoms with Crippen LogP contribution in [0.5, 0.6) is 0 Å². The zero-order valence-electron chi connectivity index (χ0n) is 14.3. The number of hydrogen-bond acceptors (Lipinski definition) is 5. The third-order valence-electron chi connectivity index (χ3n) is 3.68. The van der Waals surface area contributed by atoms with E-state index in [4.69, 9.17) is 5.26 Å². The molecule has 0 fully saturated rings. The van der Waals surface area contributed by atoms with Crippen molar-refractivity contribution in [1.29, 1.82) is 5.26 Å². The van der Waals surface area contributed by atoms with Crippen LogP contribution >= 0.6 is 0 Å². The summed E-state index contributed by atoms with van der Waals surface area (Å²) in [5.74, 6) is -0.682. The monoisotopic (exact) mass is 360 g/mol. The predicted octanol–water partition coefficient (Wildman–Crippen LogP) is 1.72. The third kappa shape index (κ3) is 4.76. The van der Waals surface area contributed by atoms with Gasteiger partial charge < -0.3 is 10.6 Å². The van der Waals surface area contributed by atoms with Crippen LogP contribution in [-0.4, -0.2) is 26.6 Å². The van der Waals surface area contributed by atoms with Crippen molar-refractivity contribution in [2.45, 2.75) is 13.1 Å². The number of nitrogens with zero attached hydrogens (tertiary/aromatic N) is 4. The van der Waals surface area contributed by atoms with Crippen LogP contribution in [0.2, 0.25) is 0 Å². The molecule has 0 spiro atoms. The summed E-state index contributed by atoms with van der Waals surface area (Å²) in [5, 5.41) is 18.1. The molecule has 2 N–H and O–H groups in total. The van der Waals surface area contributed by atoms with Gasteiger partial charge in [0, 0.05) is 6.54 Å². The lowest BCUT2D eigenvalue weighted by atomic mass is 10.1. The fourth-order valence-corrected chi connectivity index (χ4v) is 2.42. The average Bonchev–Trinajstić information content (AvgIpc) is 3.14. The molecule has 3 aromatic rings. The third-order valence-corrected chi connectivity index (χ3v) is 3.68. The predicted molar refractivity (Wildman–Crippen MR) is 97.4 cm³/mol. The highest BCUT2D eigenvalue weighted by Gasteiger charge is 2.13. The summed E-state index contributed by atoms with van der Waals surface area (Å²) < 4.78 is 1.26. The number of hydrogen-bond donors (Lipinski definition) is 2. The first-order valence-electron chi connectivity index (χ1n) is 8.16. The first-order chi connectivity index (χ1) is 13.2. The van der Waals surface area contributed by atoms with E-state index in [0.717, 1.165) is 5.56 Å². The Labute approximate surface area is 155 Å². The molecule has 0 aliphatic carbocycles. The largest absolute Gasteiger partial charge is 0.348 e. The quantitative estimate of drug-likeness (QED) is 0.695. The molecule has 0 saturated heterocycles. The van der Waals surface area contributed by atoms with E-state index in [1.54, 1.807) is 30.3 Å². The number of para-hydroxylation sites is 1. The Morgan fingerprint density at radius 3 is 2.56 bits per heavy atom. The number of nitriles is 1. The van der Waals surface area contributed by atoms with Crippen molar-refractivity contribution in [3.8, 4) is 6.07 Å². The first-order valence-corrected chi connectivity index (χ1v) is 8.16. The Morgan fingerprint density at radius 1 is 1.07 bits per heavy atom. The minimum Gasteiger partial charge on any atom is -0.348 e. The summed E-state index contributed by atoms with van der Waals surface area (Å²) in [6, 6.07) is 18.1. The maximum absolute atomic E-state index is 12.5. The maximum atomic E-state index is 12.5. The molecule has 0 unspecified atom stereocenters. The summed E-state index contributed by atoms with van der Waals surface area (Å²) in [6.45, 7) is 0.270. The van der Waals surface area contributed by atoms with Gasteiger partial charge in [-0.2, -0.15) is 5.26 Å². The number of amides is 2. The summed E-state index contributed by atoms with van der Waals surface area (Å²) in [4.78, 5) is 28.5. The molecule has 8 nitrogen and oxygen atoms in total. The lowest BCUT2D eigenvalue weighted by Gasteiger charge is -2.11. The minimum atomic E-state index is -0.382. The summed E-state index contributed by atoms with van der Waals surface area (Å²) in [5.41, 5.74) is 1.73. The lowest BCUT2D eigenvalue weighted by molar-refractivity contribution is -0.116. The minimum absolute atomic E-state index is 0.0107. The molecule has 27 heavy (non-hydrogen) atoms. The van der Waals surface area contributed by atoms with Crippen LogP contribution in [0.3, 0.4) is 0 Å². The van der Waals surface area contributed by atoms with Crippen LogP contribution < -0.4 is 10.6 Å². The fraction of sp³-hybridized carbons (Fsp3) is 0.105. The SMILES string of the molecule is N#Cc1ncn(CC(=O)Nc2ccccc2C(=O)NCc2ccccc2)n1. The van der Waals surface area contributed by atoms with E-state index in [1.165, 1.54) is 11.0 Å². The molecule has 2 aromatic carbocycles. The van der Waals surface area contributed by atoms with Crippen LogP contribution in [0.4, 0.5) is 5.69 Å². The molecule has 3 rings (SSSR count). The van der Waals surface area contributed by atoms with Crippen LogP contribution in [0.1, 0.15) is 21.7 Å². The number of anilines is 1. The van der Waals surface area contributed by atoms with E-state index in [9.17, 15) is 9.59 Å². The Kier molecular flexibility index (Phi) is 5.54. The highest BCUT2D eigenvalue weighted by Crippen LogP contribution is 2.15. The van der Waals surface area contributed by atoms with Gasteiger partial charge >= 0.3 is 0 Å². The molecule has 0 atom stereocenters. The zero-order chi connectivity index (χ0) is 19.1. The van der Waals surface area contributed by atoms with Crippen molar-refractivity contribution in [2.75, 3.05) is 5.32 Å². The van der Waals surface area contributed by atoms with E-state index in [0.29, 0.717) is 17.8 Å². The fourth-order valence-electron chi connectivity index (χ4n) is 2.42. The van der Waals surface area contributed by atoms with Crippen molar-refractivity contribution in [3.63, 3.8) is 0 Å². The van der Waals surface area contributed by atoms with Gasteiger partial charge in [-0.25, -0.2) is 9.67 Å². The Bertz CT molecular complexity index is 991. The number of rotatable bonds is 6. The van der Waals surface area contributed by atoms with Crippen molar-refractivity contribution >= 4 is 17.5 Å². The maximum Gasteiger partial charge on any atom is 0.253 e. The molecule has 0 aliphatic heterocycles. The van der Waals surface area contributed by atoms with E-state index in [1.807, 2.05) is 30.3 Å². The van der Waals surface area contributed by atoms with Gasteiger partial charge in [0.15, 0.2) is 0 Å². The molecule has 0 saturated carbocycles. The topological polar surface area (TPSA) is 113 Å². The van der Waals surface area contributed by atoms with Crippen LogP contribution in [0, 0.1) is 11.3 Å². The van der Waals surface area contributed by atoms with Gasteiger partial charge in [0.2, 0.25) is 5.91 Å². The Hall–Kier alpha value is -3.99. The van der Waals surface area contributed by atoms with Crippen LogP contribution in [0.25, 0.3) is 0 Å². The van der Waals surface area contributed by atoms with Crippen LogP contribution in [-0.2, 0) is 17.9 Å². The molecule has 2 amide bonds. The van der Waals surface area contributed by atoms with Gasteiger partial charge in [0.1, 0.15) is 18.9 Å². The molecule has 1 aromatic heterocycles. The van der Waals surface area contributed by atoms with Crippen LogP contribution in [0.15, 0.2) is 60.9 Å². The zero-order valence-corrected chi connectivity index (χ0v) is 14.3. The molecule has 0 radical (unpaired) electrons. The lowest BCUT2D eigenvalue weighted by Crippen LogP contribution is -2.26. The first kappa shape index (κ1) is 17.8. The molecule has 134 valence electrons. The summed E-state index contributed by atoms with van der Waals surface area (Å²) in [7, 11) is 0. The normalized spacial score (nSPS) is 10.0. The van der Waals surface area contributed by atoms with Gasteiger partial charge in [-0.3, -0.25) is 9.59 Å².